The van der Waals surface area contributed by atoms with Gasteiger partial charge in [-0.2, -0.15) is 0 Å². The first-order chi connectivity index (χ1) is 17.3. The molecule has 1 aliphatic heterocycles. The van der Waals surface area contributed by atoms with E-state index in [1.807, 2.05) is 91.0 Å². The fraction of sp³-hybridized carbons (Fsp3) is 0.345. The van der Waals surface area contributed by atoms with Gasteiger partial charge in [-0.15, -0.1) is 0 Å². The minimum absolute atomic E-state index is 0.254. The first-order valence-electron chi connectivity index (χ1n) is 11.8. The van der Waals surface area contributed by atoms with Gasteiger partial charge in [0.15, 0.2) is 6.29 Å². The Balaban J connectivity index is 1.48. The highest BCUT2D eigenvalue weighted by Crippen LogP contribution is 2.31. The van der Waals surface area contributed by atoms with Crippen LogP contribution in [0.1, 0.15) is 16.7 Å². The van der Waals surface area contributed by atoms with Crippen LogP contribution in [0.2, 0.25) is 0 Å². The van der Waals surface area contributed by atoms with E-state index in [4.69, 9.17) is 23.7 Å². The molecule has 3 aromatic rings. The Bertz CT molecular complexity index is 997. The van der Waals surface area contributed by atoms with Crippen LogP contribution in [0.15, 0.2) is 91.0 Å². The van der Waals surface area contributed by atoms with E-state index in [1.54, 1.807) is 7.11 Å². The fourth-order valence-electron chi connectivity index (χ4n) is 4.23. The zero-order valence-electron chi connectivity index (χ0n) is 19.9. The molecule has 1 fully saturated rings. The van der Waals surface area contributed by atoms with Crippen LogP contribution in [0, 0.1) is 5.92 Å². The average molecular weight is 477 g/mol. The Kier molecular flexibility index (Phi) is 9.57. The maximum Gasteiger partial charge on any atom is 0.184 e. The van der Waals surface area contributed by atoms with Gasteiger partial charge in [-0.25, -0.2) is 0 Å². The topological polar surface area (TPSA) is 63.2 Å². The fourth-order valence-corrected chi connectivity index (χ4v) is 4.23. The third kappa shape index (κ3) is 7.07. The standard InChI is InChI=1S/C29H32O6/c1-31-29-28(34-20-24-15-9-4-10-16-24)25(17-30)27(33-19-23-13-7-3-8-14-23)26(35-29)21-32-18-22-11-5-2-6-12-22/h2-17,25-29H,18-21H2,1H3/t25-,26+,27+,28+,29-/m0/s1. The van der Waals surface area contributed by atoms with Crippen molar-refractivity contribution in [2.45, 2.75) is 44.4 Å². The number of methoxy groups -OCH3 is 1. The predicted octanol–water partition coefficient (Wildman–Crippen LogP) is 4.56. The van der Waals surface area contributed by atoms with Gasteiger partial charge in [-0.05, 0) is 16.7 Å². The molecule has 6 nitrogen and oxygen atoms in total. The molecule has 1 aliphatic rings. The molecule has 6 heteroatoms. The quantitative estimate of drug-likeness (QED) is 0.357. The summed E-state index contributed by atoms with van der Waals surface area (Å²) in [6.45, 7) is 1.37. The minimum atomic E-state index is -0.726. The highest BCUT2D eigenvalue weighted by atomic mass is 16.7. The van der Waals surface area contributed by atoms with Crippen molar-refractivity contribution < 1.29 is 28.5 Å². The van der Waals surface area contributed by atoms with Crippen molar-refractivity contribution in [3.63, 3.8) is 0 Å². The number of ether oxygens (including phenoxy) is 5. The third-order valence-electron chi connectivity index (χ3n) is 6.06. The molecule has 0 amide bonds. The number of rotatable bonds is 12. The number of hydrogen-bond acceptors (Lipinski definition) is 6. The van der Waals surface area contributed by atoms with Crippen LogP contribution in [-0.2, 0) is 48.3 Å². The van der Waals surface area contributed by atoms with E-state index in [9.17, 15) is 4.79 Å². The van der Waals surface area contributed by atoms with Crippen molar-refractivity contribution in [3.05, 3.63) is 108 Å². The summed E-state index contributed by atoms with van der Waals surface area (Å²) in [5, 5.41) is 0. The first kappa shape index (κ1) is 25.2. The number of aldehydes is 1. The molecule has 0 saturated carbocycles. The normalized spacial score (nSPS) is 24.2. The zero-order chi connectivity index (χ0) is 24.3. The lowest BCUT2D eigenvalue weighted by atomic mass is 9.89. The summed E-state index contributed by atoms with van der Waals surface area (Å²) in [4.78, 5) is 12.4. The summed E-state index contributed by atoms with van der Waals surface area (Å²) in [7, 11) is 1.55. The second-order valence-corrected chi connectivity index (χ2v) is 8.52. The minimum Gasteiger partial charge on any atom is -0.374 e. The molecule has 4 rings (SSSR count). The van der Waals surface area contributed by atoms with Gasteiger partial charge in [0.1, 0.15) is 18.5 Å². The maximum atomic E-state index is 12.4. The number of benzene rings is 3. The number of hydrogen-bond donors (Lipinski definition) is 0. The molecule has 0 aromatic heterocycles. The first-order valence-corrected chi connectivity index (χ1v) is 11.8. The van der Waals surface area contributed by atoms with E-state index < -0.39 is 30.5 Å². The second-order valence-electron chi connectivity index (χ2n) is 8.52. The largest absolute Gasteiger partial charge is 0.374 e. The highest BCUT2D eigenvalue weighted by molar-refractivity contribution is 5.56. The summed E-state index contributed by atoms with van der Waals surface area (Å²) in [5.74, 6) is -0.591. The van der Waals surface area contributed by atoms with E-state index >= 15 is 0 Å². The summed E-state index contributed by atoms with van der Waals surface area (Å²) in [6.07, 6.45) is -1.51. The molecule has 0 spiro atoms. The van der Waals surface area contributed by atoms with Gasteiger partial charge in [-0.1, -0.05) is 91.0 Å². The SMILES string of the molecule is CO[C@H]1O[C@H](COCc2ccccc2)[C@H](OCc2ccccc2)[C@H](C=O)[C@H]1OCc1ccccc1. The van der Waals surface area contributed by atoms with E-state index in [0.29, 0.717) is 19.8 Å². The lowest BCUT2D eigenvalue weighted by Crippen LogP contribution is -2.58. The van der Waals surface area contributed by atoms with Crippen molar-refractivity contribution in [1.29, 1.82) is 0 Å². The van der Waals surface area contributed by atoms with Crippen LogP contribution in [0.4, 0.5) is 0 Å². The summed E-state index contributed by atoms with van der Waals surface area (Å²) in [6, 6.07) is 29.6. The van der Waals surface area contributed by atoms with Crippen LogP contribution in [-0.4, -0.2) is 44.6 Å². The molecule has 0 N–H and O–H groups in total. The third-order valence-corrected chi connectivity index (χ3v) is 6.06. The molecular formula is C29H32O6. The summed E-state index contributed by atoms with van der Waals surface area (Å²) < 4.78 is 30.3. The van der Waals surface area contributed by atoms with Crippen molar-refractivity contribution in [2.24, 2.45) is 5.92 Å². The summed E-state index contributed by atoms with van der Waals surface area (Å²) >= 11 is 0. The smallest absolute Gasteiger partial charge is 0.184 e. The Labute approximate surface area is 206 Å². The van der Waals surface area contributed by atoms with Crippen LogP contribution in [0.5, 0.6) is 0 Å². The van der Waals surface area contributed by atoms with Crippen LogP contribution in [0.3, 0.4) is 0 Å². The van der Waals surface area contributed by atoms with Gasteiger partial charge < -0.3 is 28.5 Å². The van der Waals surface area contributed by atoms with Gasteiger partial charge >= 0.3 is 0 Å². The monoisotopic (exact) mass is 476 g/mol. The second kappa shape index (κ2) is 13.3. The Morgan fingerprint density at radius 2 is 1.20 bits per heavy atom. The molecular weight excluding hydrogens is 444 g/mol. The number of carbonyl (C=O) groups excluding carboxylic acids is 1. The van der Waals surface area contributed by atoms with Crippen LogP contribution < -0.4 is 0 Å². The van der Waals surface area contributed by atoms with E-state index in [0.717, 1.165) is 23.0 Å². The van der Waals surface area contributed by atoms with E-state index in [1.165, 1.54) is 0 Å². The van der Waals surface area contributed by atoms with Crippen molar-refractivity contribution in [2.75, 3.05) is 13.7 Å². The average Bonchev–Trinajstić information content (AvgIpc) is 2.92. The maximum absolute atomic E-state index is 12.4. The van der Waals surface area contributed by atoms with E-state index in [2.05, 4.69) is 0 Å². The van der Waals surface area contributed by atoms with Gasteiger partial charge in [0.25, 0.3) is 0 Å². The molecule has 0 aliphatic carbocycles. The lowest BCUT2D eigenvalue weighted by Gasteiger charge is -2.43. The molecule has 0 bridgehead atoms. The molecule has 184 valence electrons. The highest BCUT2D eigenvalue weighted by Gasteiger charge is 2.47. The Morgan fingerprint density at radius 3 is 1.69 bits per heavy atom. The Morgan fingerprint density at radius 1 is 0.714 bits per heavy atom. The molecule has 1 saturated heterocycles. The lowest BCUT2D eigenvalue weighted by molar-refractivity contribution is -0.297. The van der Waals surface area contributed by atoms with Gasteiger partial charge in [0, 0.05) is 7.11 Å². The van der Waals surface area contributed by atoms with Gasteiger partial charge in [0.2, 0.25) is 0 Å². The molecule has 35 heavy (non-hydrogen) atoms. The van der Waals surface area contributed by atoms with Crippen LogP contribution >= 0.6 is 0 Å². The summed E-state index contributed by atoms with van der Waals surface area (Å²) in [5.41, 5.74) is 3.07. The van der Waals surface area contributed by atoms with Gasteiger partial charge in [-0.3, -0.25) is 0 Å². The van der Waals surface area contributed by atoms with Gasteiger partial charge in [0.05, 0.1) is 38.4 Å². The molecule has 1 heterocycles. The zero-order valence-corrected chi connectivity index (χ0v) is 19.9. The molecule has 0 unspecified atom stereocenters. The molecule has 3 aromatic carbocycles. The van der Waals surface area contributed by atoms with Crippen molar-refractivity contribution in [1.82, 2.24) is 0 Å². The molecule has 0 radical (unpaired) electrons. The number of carbonyl (C=O) groups is 1. The van der Waals surface area contributed by atoms with E-state index in [-0.39, 0.29) is 6.61 Å². The van der Waals surface area contributed by atoms with Crippen molar-refractivity contribution >= 4 is 6.29 Å². The van der Waals surface area contributed by atoms with Crippen LogP contribution in [0.25, 0.3) is 0 Å². The van der Waals surface area contributed by atoms with Crippen molar-refractivity contribution in [3.8, 4) is 0 Å². The molecule has 5 atom stereocenters. The Hall–Kier alpha value is -2.87. The predicted molar refractivity (Wildman–Crippen MR) is 131 cm³/mol.